The van der Waals surface area contributed by atoms with Gasteiger partial charge < -0.3 is 0 Å². The smallest absolute Gasteiger partial charge is 0.0242 e. The number of hydrogen-bond acceptors (Lipinski definition) is 1. The zero-order valence-corrected chi connectivity index (χ0v) is 8.13. The van der Waals surface area contributed by atoms with Crippen LogP contribution in [0.1, 0.15) is 19.8 Å². The van der Waals surface area contributed by atoms with Gasteiger partial charge in [0.1, 0.15) is 0 Å². The predicted molar refractivity (Wildman–Crippen MR) is 46.6 cm³/mol. The first-order valence-electron chi connectivity index (χ1n) is 3.22. The molecular formula is C6H13BrOS. The number of alkyl halides is 1. The Kier molecular flexibility index (Phi) is 7.22. The van der Waals surface area contributed by atoms with E-state index in [2.05, 4.69) is 22.9 Å². The van der Waals surface area contributed by atoms with Crippen LogP contribution in [-0.4, -0.2) is 21.0 Å². The largest absolute Gasteiger partial charge is 0.260 e. The Labute approximate surface area is 67.8 Å². The van der Waals surface area contributed by atoms with Crippen LogP contribution in [0, 0.1) is 0 Å². The molecule has 0 fully saturated rings. The summed E-state index contributed by atoms with van der Waals surface area (Å²) < 4.78 is 10.9. The van der Waals surface area contributed by atoms with Crippen molar-refractivity contribution in [2.45, 2.75) is 19.8 Å². The molecule has 0 saturated carbocycles. The third kappa shape index (κ3) is 6.52. The molecule has 0 rings (SSSR count). The third-order valence-corrected chi connectivity index (χ3v) is 3.11. The topological polar surface area (TPSA) is 17.1 Å². The Morgan fingerprint density at radius 1 is 1.44 bits per heavy atom. The monoisotopic (exact) mass is 212 g/mol. The van der Waals surface area contributed by atoms with Crippen LogP contribution in [0.3, 0.4) is 0 Å². The fraction of sp³-hybridized carbons (Fsp3) is 1.00. The number of halogens is 1. The van der Waals surface area contributed by atoms with Crippen molar-refractivity contribution in [1.82, 2.24) is 0 Å². The summed E-state index contributed by atoms with van der Waals surface area (Å²) in [6.45, 7) is 2.06. The van der Waals surface area contributed by atoms with Gasteiger partial charge in [0.25, 0.3) is 0 Å². The minimum absolute atomic E-state index is 0.550. The molecule has 1 atom stereocenters. The molecule has 0 aromatic rings. The van der Waals surface area contributed by atoms with Crippen molar-refractivity contribution >= 4 is 26.7 Å². The lowest BCUT2D eigenvalue weighted by atomic mass is 10.6. The minimum atomic E-state index is -0.550. The maximum absolute atomic E-state index is 10.9. The zero-order chi connectivity index (χ0) is 7.11. The highest BCUT2D eigenvalue weighted by Crippen LogP contribution is 1.93. The summed E-state index contributed by atoms with van der Waals surface area (Å²) in [5.74, 6) is 1.73. The van der Waals surface area contributed by atoms with Crippen LogP contribution in [0.4, 0.5) is 0 Å². The number of rotatable bonds is 5. The molecule has 0 aliphatic rings. The van der Waals surface area contributed by atoms with E-state index >= 15 is 0 Å². The summed E-state index contributed by atoms with van der Waals surface area (Å²) in [6, 6.07) is 0. The molecule has 0 bridgehead atoms. The van der Waals surface area contributed by atoms with Gasteiger partial charge in [-0.2, -0.15) is 0 Å². The lowest BCUT2D eigenvalue weighted by Crippen LogP contribution is -2.01. The van der Waals surface area contributed by atoms with E-state index in [4.69, 9.17) is 0 Å². The molecule has 1 nitrogen and oxygen atoms in total. The van der Waals surface area contributed by atoms with Crippen molar-refractivity contribution in [3.8, 4) is 0 Å². The Bertz CT molecular complexity index is 85.1. The highest BCUT2D eigenvalue weighted by atomic mass is 79.9. The standard InChI is InChI=1S/C6H13BrOS/c1-2-5-9(8)6-3-4-7/h2-6H2,1H3. The van der Waals surface area contributed by atoms with Crippen molar-refractivity contribution in [3.05, 3.63) is 0 Å². The zero-order valence-electron chi connectivity index (χ0n) is 5.73. The molecule has 0 amide bonds. The van der Waals surface area contributed by atoms with Crippen molar-refractivity contribution in [1.29, 1.82) is 0 Å². The molecule has 0 saturated heterocycles. The molecule has 1 unspecified atom stereocenters. The first-order valence-corrected chi connectivity index (χ1v) is 5.83. The van der Waals surface area contributed by atoms with E-state index in [-0.39, 0.29) is 0 Å². The molecule has 0 aliphatic carbocycles. The van der Waals surface area contributed by atoms with E-state index in [0.29, 0.717) is 0 Å². The highest BCUT2D eigenvalue weighted by Gasteiger charge is 1.94. The van der Waals surface area contributed by atoms with Crippen molar-refractivity contribution in [2.75, 3.05) is 16.8 Å². The van der Waals surface area contributed by atoms with Crippen molar-refractivity contribution < 1.29 is 4.21 Å². The molecule has 0 aliphatic heterocycles. The fourth-order valence-electron chi connectivity index (χ4n) is 0.545. The molecule has 0 spiro atoms. The quantitative estimate of drug-likeness (QED) is 0.638. The van der Waals surface area contributed by atoms with Crippen LogP contribution in [0.15, 0.2) is 0 Å². The van der Waals surface area contributed by atoms with Crippen LogP contribution < -0.4 is 0 Å². The van der Waals surface area contributed by atoms with Gasteiger partial charge in [-0.25, -0.2) is 0 Å². The average molecular weight is 213 g/mol. The van der Waals surface area contributed by atoms with Gasteiger partial charge >= 0.3 is 0 Å². The SMILES string of the molecule is CCCS(=O)CCCBr. The first kappa shape index (κ1) is 9.63. The van der Waals surface area contributed by atoms with Crippen LogP contribution >= 0.6 is 15.9 Å². The lowest BCUT2D eigenvalue weighted by molar-refractivity contribution is 0.681. The maximum Gasteiger partial charge on any atom is 0.0242 e. The van der Waals surface area contributed by atoms with Gasteiger partial charge in [0.15, 0.2) is 0 Å². The van der Waals surface area contributed by atoms with Crippen LogP contribution in [0.5, 0.6) is 0 Å². The van der Waals surface area contributed by atoms with Crippen molar-refractivity contribution in [2.24, 2.45) is 0 Å². The van der Waals surface area contributed by atoms with E-state index in [1.807, 2.05) is 0 Å². The second-order valence-electron chi connectivity index (χ2n) is 1.89. The molecule has 0 aromatic heterocycles. The van der Waals surface area contributed by atoms with Crippen LogP contribution in [0.25, 0.3) is 0 Å². The van der Waals surface area contributed by atoms with Gasteiger partial charge in [-0.05, 0) is 12.8 Å². The molecule has 0 aromatic carbocycles. The lowest BCUT2D eigenvalue weighted by Gasteiger charge is -1.95. The van der Waals surface area contributed by atoms with Gasteiger partial charge in [0.05, 0.1) is 0 Å². The van der Waals surface area contributed by atoms with E-state index < -0.39 is 10.8 Å². The fourth-order valence-corrected chi connectivity index (χ4v) is 2.32. The maximum atomic E-state index is 10.9. The summed E-state index contributed by atoms with van der Waals surface area (Å²) in [5, 5.41) is 0.975. The second-order valence-corrected chi connectivity index (χ2v) is 4.38. The van der Waals surface area contributed by atoms with Crippen molar-refractivity contribution in [3.63, 3.8) is 0 Å². The Morgan fingerprint density at radius 2 is 2.11 bits per heavy atom. The van der Waals surface area contributed by atoms with E-state index in [1.54, 1.807) is 0 Å². The van der Waals surface area contributed by atoms with Gasteiger partial charge in [-0.3, -0.25) is 4.21 Å². The average Bonchev–Trinajstić information content (AvgIpc) is 1.85. The van der Waals surface area contributed by atoms with Gasteiger partial charge in [0.2, 0.25) is 0 Å². The second kappa shape index (κ2) is 6.75. The van der Waals surface area contributed by atoms with Crippen LogP contribution in [0.2, 0.25) is 0 Å². The molecule has 56 valence electrons. The summed E-state index contributed by atoms with van der Waals surface area (Å²) in [7, 11) is -0.550. The third-order valence-electron chi connectivity index (χ3n) is 0.937. The molecular weight excluding hydrogens is 200 g/mol. The predicted octanol–water partition coefficient (Wildman–Crippen LogP) is 1.93. The van der Waals surface area contributed by atoms with Gasteiger partial charge in [0, 0.05) is 27.6 Å². The van der Waals surface area contributed by atoms with E-state index in [1.165, 1.54) is 0 Å². The normalized spacial score (nSPS) is 13.6. The first-order chi connectivity index (χ1) is 4.31. The Hall–Kier alpha value is 0.630. The van der Waals surface area contributed by atoms with E-state index in [9.17, 15) is 4.21 Å². The molecule has 3 heteroatoms. The Morgan fingerprint density at radius 3 is 2.56 bits per heavy atom. The molecule has 0 heterocycles. The summed E-state index contributed by atoms with van der Waals surface area (Å²) >= 11 is 3.29. The molecule has 0 N–H and O–H groups in total. The summed E-state index contributed by atoms with van der Waals surface area (Å²) in [5.41, 5.74) is 0. The highest BCUT2D eigenvalue weighted by molar-refractivity contribution is 9.09. The van der Waals surface area contributed by atoms with Gasteiger partial charge in [-0.1, -0.05) is 22.9 Å². The summed E-state index contributed by atoms with van der Waals surface area (Å²) in [6.07, 6.45) is 2.07. The van der Waals surface area contributed by atoms with Gasteiger partial charge in [-0.15, -0.1) is 0 Å². The molecule has 0 radical (unpaired) electrons. The number of hydrogen-bond donors (Lipinski definition) is 0. The minimum Gasteiger partial charge on any atom is -0.260 e. The summed E-state index contributed by atoms with van der Waals surface area (Å²) in [4.78, 5) is 0. The van der Waals surface area contributed by atoms with E-state index in [0.717, 1.165) is 29.7 Å². The van der Waals surface area contributed by atoms with Crippen LogP contribution in [-0.2, 0) is 10.8 Å². The Balaban J connectivity index is 3.06. The molecule has 9 heavy (non-hydrogen) atoms.